The Morgan fingerprint density at radius 3 is 2.21 bits per heavy atom. The summed E-state index contributed by atoms with van der Waals surface area (Å²) in [6.07, 6.45) is 13.1. The van der Waals surface area contributed by atoms with Crippen LogP contribution in [0, 0.1) is 29.6 Å². The van der Waals surface area contributed by atoms with Gasteiger partial charge in [0.25, 0.3) is 0 Å². The minimum Gasteiger partial charge on any atom is -0.312 e. The highest BCUT2D eigenvalue weighted by atomic mass is 14.9. The molecule has 4 fully saturated rings. The van der Waals surface area contributed by atoms with Crippen LogP contribution in [0.25, 0.3) is 0 Å². The molecule has 4 bridgehead atoms. The highest BCUT2D eigenvalue weighted by molar-refractivity contribution is 5.02. The van der Waals surface area contributed by atoms with Crippen LogP contribution in [0.1, 0.15) is 37.7 Å². The van der Waals surface area contributed by atoms with Crippen LogP contribution < -0.4 is 5.32 Å². The van der Waals surface area contributed by atoms with Gasteiger partial charge in [-0.2, -0.15) is 0 Å². The smallest absolute Gasteiger partial charge is 0.115 e. The van der Waals surface area contributed by atoms with Crippen LogP contribution in [0.5, 0.6) is 0 Å². The van der Waals surface area contributed by atoms with Gasteiger partial charge in [-0.05, 0) is 68.2 Å². The molecule has 0 spiro atoms. The van der Waals surface area contributed by atoms with E-state index in [2.05, 4.69) is 15.3 Å². The average molecular weight is 257 g/mol. The minimum atomic E-state index is 0.920. The molecule has 5 rings (SSSR count). The number of hydrogen-bond donors (Lipinski definition) is 1. The quantitative estimate of drug-likeness (QED) is 0.901. The van der Waals surface area contributed by atoms with E-state index in [4.69, 9.17) is 0 Å². The van der Waals surface area contributed by atoms with Crippen molar-refractivity contribution in [3.63, 3.8) is 0 Å². The van der Waals surface area contributed by atoms with Gasteiger partial charge in [0.1, 0.15) is 6.33 Å². The third kappa shape index (κ3) is 2.29. The van der Waals surface area contributed by atoms with Crippen molar-refractivity contribution in [2.24, 2.45) is 29.6 Å². The predicted octanol–water partition coefficient (Wildman–Crippen LogP) is 2.64. The normalized spacial score (nSPS) is 39.7. The van der Waals surface area contributed by atoms with Crippen molar-refractivity contribution in [1.29, 1.82) is 0 Å². The molecule has 0 atom stereocenters. The molecule has 3 nitrogen and oxygen atoms in total. The maximum atomic E-state index is 4.07. The first-order valence-corrected chi connectivity index (χ1v) is 7.83. The Morgan fingerprint density at radius 2 is 1.58 bits per heavy atom. The van der Waals surface area contributed by atoms with Gasteiger partial charge in [0.2, 0.25) is 0 Å². The zero-order valence-electron chi connectivity index (χ0n) is 11.5. The Kier molecular flexibility index (Phi) is 3.03. The fourth-order valence-corrected chi connectivity index (χ4v) is 5.18. The molecular weight excluding hydrogens is 234 g/mol. The summed E-state index contributed by atoms with van der Waals surface area (Å²) in [7, 11) is 0. The van der Waals surface area contributed by atoms with Crippen molar-refractivity contribution in [3.05, 3.63) is 24.3 Å². The predicted molar refractivity (Wildman–Crippen MR) is 74.3 cm³/mol. The molecule has 4 aliphatic rings. The second-order valence-corrected chi connectivity index (χ2v) is 6.97. The fourth-order valence-electron chi connectivity index (χ4n) is 5.18. The van der Waals surface area contributed by atoms with Crippen molar-refractivity contribution >= 4 is 0 Å². The lowest BCUT2D eigenvalue weighted by Gasteiger charge is -2.54. The van der Waals surface area contributed by atoms with Gasteiger partial charge in [0.15, 0.2) is 0 Å². The molecule has 102 valence electrons. The molecule has 4 aliphatic carbocycles. The highest BCUT2D eigenvalue weighted by Gasteiger charge is 2.47. The Balaban J connectivity index is 1.34. The van der Waals surface area contributed by atoms with Crippen molar-refractivity contribution < 1.29 is 0 Å². The maximum absolute atomic E-state index is 4.07. The Labute approximate surface area is 115 Å². The molecule has 0 amide bonds. The molecule has 19 heavy (non-hydrogen) atoms. The first kappa shape index (κ1) is 11.8. The van der Waals surface area contributed by atoms with Crippen LogP contribution in [0.2, 0.25) is 0 Å². The standard InChI is InChI=1S/C16H23N3/c1-11-2-14-4-12(1)5-15(3-11)16(14)9-17-6-13-7-18-10-19-8-13/h7-8,10-12,14-17H,1-6,9H2. The van der Waals surface area contributed by atoms with E-state index in [9.17, 15) is 0 Å². The molecule has 0 aromatic carbocycles. The van der Waals surface area contributed by atoms with Crippen LogP contribution >= 0.6 is 0 Å². The second kappa shape index (κ2) is 4.86. The molecule has 1 N–H and O–H groups in total. The average Bonchev–Trinajstić information content (AvgIpc) is 2.42. The summed E-state index contributed by atoms with van der Waals surface area (Å²) >= 11 is 0. The molecule has 1 aromatic heterocycles. The van der Waals surface area contributed by atoms with E-state index in [0.29, 0.717) is 0 Å². The Hall–Kier alpha value is -0.960. The monoisotopic (exact) mass is 257 g/mol. The first-order chi connectivity index (χ1) is 9.38. The molecule has 1 heterocycles. The number of hydrogen-bond acceptors (Lipinski definition) is 3. The van der Waals surface area contributed by atoms with Crippen molar-refractivity contribution in [2.75, 3.05) is 6.54 Å². The fraction of sp³-hybridized carbons (Fsp3) is 0.750. The third-order valence-electron chi connectivity index (χ3n) is 5.75. The van der Waals surface area contributed by atoms with Gasteiger partial charge in [-0.15, -0.1) is 0 Å². The molecule has 1 aromatic rings. The molecule has 3 heteroatoms. The van der Waals surface area contributed by atoms with Gasteiger partial charge >= 0.3 is 0 Å². The van der Waals surface area contributed by atoms with Gasteiger partial charge in [0, 0.05) is 24.5 Å². The summed E-state index contributed by atoms with van der Waals surface area (Å²) in [5.41, 5.74) is 1.20. The summed E-state index contributed by atoms with van der Waals surface area (Å²) < 4.78 is 0. The SMILES string of the molecule is c1ncc(CNCC2C3CC4CC(C3)CC2C4)cn1. The molecule has 0 saturated heterocycles. The highest BCUT2D eigenvalue weighted by Crippen LogP contribution is 2.56. The van der Waals surface area contributed by atoms with E-state index in [1.165, 1.54) is 37.8 Å². The lowest BCUT2D eigenvalue weighted by Crippen LogP contribution is -2.48. The summed E-state index contributed by atoms with van der Waals surface area (Å²) in [6, 6.07) is 0. The summed E-state index contributed by atoms with van der Waals surface area (Å²) in [5, 5.41) is 3.65. The Bertz CT molecular complexity index is 403. The van der Waals surface area contributed by atoms with E-state index in [1.807, 2.05) is 12.4 Å². The summed E-state index contributed by atoms with van der Waals surface area (Å²) in [4.78, 5) is 8.14. The van der Waals surface area contributed by atoms with Gasteiger partial charge in [-0.25, -0.2) is 9.97 Å². The molecule has 0 unspecified atom stereocenters. The number of rotatable bonds is 4. The van der Waals surface area contributed by atoms with E-state index >= 15 is 0 Å². The van der Waals surface area contributed by atoms with Crippen LogP contribution in [-0.4, -0.2) is 16.5 Å². The lowest BCUT2D eigenvalue weighted by molar-refractivity contribution is -0.0355. The second-order valence-electron chi connectivity index (χ2n) is 6.97. The van der Waals surface area contributed by atoms with E-state index < -0.39 is 0 Å². The minimum absolute atomic E-state index is 0.920. The zero-order chi connectivity index (χ0) is 12.7. The third-order valence-corrected chi connectivity index (χ3v) is 5.75. The summed E-state index contributed by atoms with van der Waals surface area (Å²) in [6.45, 7) is 2.12. The van der Waals surface area contributed by atoms with Crippen LogP contribution in [-0.2, 0) is 6.54 Å². The Morgan fingerprint density at radius 1 is 0.947 bits per heavy atom. The van der Waals surface area contributed by atoms with Crippen LogP contribution in [0.3, 0.4) is 0 Å². The van der Waals surface area contributed by atoms with Gasteiger partial charge in [0.05, 0.1) is 0 Å². The topological polar surface area (TPSA) is 37.8 Å². The van der Waals surface area contributed by atoms with Gasteiger partial charge in [-0.1, -0.05) is 0 Å². The first-order valence-electron chi connectivity index (χ1n) is 7.83. The molecule has 0 aliphatic heterocycles. The van der Waals surface area contributed by atoms with Crippen LogP contribution in [0.15, 0.2) is 18.7 Å². The zero-order valence-corrected chi connectivity index (χ0v) is 11.5. The van der Waals surface area contributed by atoms with Crippen molar-refractivity contribution in [3.8, 4) is 0 Å². The summed E-state index contributed by atoms with van der Waals surface area (Å²) in [5.74, 6) is 5.16. The molecule has 0 radical (unpaired) electrons. The van der Waals surface area contributed by atoms with Crippen molar-refractivity contribution in [1.82, 2.24) is 15.3 Å². The number of nitrogens with one attached hydrogen (secondary N) is 1. The van der Waals surface area contributed by atoms with Gasteiger partial charge in [-0.3, -0.25) is 0 Å². The van der Waals surface area contributed by atoms with Gasteiger partial charge < -0.3 is 5.32 Å². The molecule has 4 saturated carbocycles. The van der Waals surface area contributed by atoms with E-state index in [0.717, 1.165) is 36.1 Å². The van der Waals surface area contributed by atoms with Crippen molar-refractivity contribution in [2.45, 2.75) is 38.6 Å². The number of nitrogens with zero attached hydrogens (tertiary/aromatic N) is 2. The molecular formula is C16H23N3. The van der Waals surface area contributed by atoms with E-state index in [1.54, 1.807) is 12.7 Å². The maximum Gasteiger partial charge on any atom is 0.115 e. The van der Waals surface area contributed by atoms with E-state index in [-0.39, 0.29) is 0 Å². The number of aromatic nitrogens is 2. The van der Waals surface area contributed by atoms with Crippen LogP contribution in [0.4, 0.5) is 0 Å². The largest absolute Gasteiger partial charge is 0.312 e. The lowest BCUT2D eigenvalue weighted by atomic mass is 9.52.